The fourth-order valence-corrected chi connectivity index (χ4v) is 4.57. The maximum absolute atomic E-state index is 12.9. The molecular formula is C26H26N4O2. The Kier molecular flexibility index (Phi) is 5.15. The molecule has 0 aliphatic carbocycles. The van der Waals surface area contributed by atoms with Crippen molar-refractivity contribution < 1.29 is 0 Å². The maximum Gasteiger partial charge on any atom is 0.330 e. The van der Waals surface area contributed by atoms with Gasteiger partial charge in [-0.05, 0) is 49.7 Å². The highest BCUT2D eigenvalue weighted by Gasteiger charge is 2.17. The third-order valence-electron chi connectivity index (χ3n) is 6.27. The molecule has 4 aromatic rings. The average molecular weight is 427 g/mol. The first-order chi connectivity index (χ1) is 15.6. The summed E-state index contributed by atoms with van der Waals surface area (Å²) in [5, 5.41) is 0.992. The van der Waals surface area contributed by atoms with Crippen molar-refractivity contribution in [2.75, 3.05) is 20.1 Å². The third kappa shape index (κ3) is 3.42. The van der Waals surface area contributed by atoms with Crippen LogP contribution in [0.1, 0.15) is 18.9 Å². The van der Waals surface area contributed by atoms with E-state index in [9.17, 15) is 9.59 Å². The van der Waals surface area contributed by atoms with Crippen molar-refractivity contribution in [3.05, 3.63) is 93.3 Å². The average Bonchev–Trinajstić information content (AvgIpc) is 3.21. The van der Waals surface area contributed by atoms with Gasteiger partial charge in [-0.3, -0.25) is 9.36 Å². The normalized spacial score (nSPS) is 14.6. The van der Waals surface area contributed by atoms with Gasteiger partial charge in [0.2, 0.25) is 0 Å². The molecule has 0 spiro atoms. The molecule has 1 N–H and O–H groups in total. The van der Waals surface area contributed by atoms with E-state index >= 15 is 0 Å². The number of aromatic amines is 1. The predicted molar refractivity (Wildman–Crippen MR) is 129 cm³/mol. The van der Waals surface area contributed by atoms with Crippen LogP contribution in [0.3, 0.4) is 0 Å². The van der Waals surface area contributed by atoms with Crippen LogP contribution in [0, 0.1) is 0 Å². The Morgan fingerprint density at radius 2 is 1.84 bits per heavy atom. The van der Waals surface area contributed by atoms with Gasteiger partial charge in [0.15, 0.2) is 0 Å². The summed E-state index contributed by atoms with van der Waals surface area (Å²) in [4.78, 5) is 30.7. The highest BCUT2D eigenvalue weighted by atomic mass is 16.1. The molecular weight excluding hydrogens is 400 g/mol. The Balaban J connectivity index is 1.76. The lowest BCUT2D eigenvalue weighted by atomic mass is 9.95. The maximum atomic E-state index is 12.9. The van der Waals surface area contributed by atoms with E-state index in [1.54, 1.807) is 21.4 Å². The number of nitrogens with one attached hydrogen (secondary N) is 1. The van der Waals surface area contributed by atoms with E-state index in [1.807, 2.05) is 55.5 Å². The Hall–Kier alpha value is -3.64. The second-order valence-electron chi connectivity index (χ2n) is 8.26. The summed E-state index contributed by atoms with van der Waals surface area (Å²) < 4.78 is 3.49. The van der Waals surface area contributed by atoms with Crippen molar-refractivity contribution in [3.63, 3.8) is 0 Å². The van der Waals surface area contributed by atoms with Crippen molar-refractivity contribution in [1.29, 1.82) is 0 Å². The summed E-state index contributed by atoms with van der Waals surface area (Å²) in [7, 11) is 2.10. The SMILES string of the molecule is CCn1c(=O)cc(C2=CCN(C)CC2)c2cc(-n3c(-c4ccccc4)c[nH]c3=O)ccc21. The Morgan fingerprint density at radius 1 is 1.03 bits per heavy atom. The van der Waals surface area contributed by atoms with Crippen LogP contribution in [0.25, 0.3) is 33.4 Å². The van der Waals surface area contributed by atoms with Crippen LogP contribution < -0.4 is 11.2 Å². The number of nitrogens with zero attached hydrogens (tertiary/aromatic N) is 3. The number of hydrogen-bond donors (Lipinski definition) is 1. The monoisotopic (exact) mass is 426 g/mol. The van der Waals surface area contributed by atoms with Gasteiger partial charge in [0.1, 0.15) is 0 Å². The van der Waals surface area contributed by atoms with Crippen LogP contribution in [0.2, 0.25) is 0 Å². The summed E-state index contributed by atoms with van der Waals surface area (Å²) in [5.74, 6) is 0. The number of imidazole rings is 1. The number of fused-ring (bicyclic) bond motifs is 1. The van der Waals surface area contributed by atoms with Gasteiger partial charge in [-0.2, -0.15) is 0 Å². The standard InChI is InChI=1S/C26H26N4O2/c1-3-29-23-10-9-20(30-24(17-27-26(30)32)19-7-5-4-6-8-19)15-22(23)21(16-25(29)31)18-11-13-28(2)14-12-18/h4-11,15-17H,3,12-14H2,1-2H3,(H,27,32). The molecule has 0 atom stereocenters. The molecule has 1 aliphatic rings. The second-order valence-corrected chi connectivity index (χ2v) is 8.26. The molecule has 0 bridgehead atoms. The Bertz CT molecular complexity index is 1440. The quantitative estimate of drug-likeness (QED) is 0.539. The van der Waals surface area contributed by atoms with E-state index in [4.69, 9.17) is 0 Å². The summed E-state index contributed by atoms with van der Waals surface area (Å²) in [5.41, 5.74) is 5.41. The van der Waals surface area contributed by atoms with Crippen molar-refractivity contribution in [1.82, 2.24) is 19.0 Å². The minimum atomic E-state index is -0.188. The van der Waals surface area contributed by atoms with Gasteiger partial charge in [0.05, 0.1) is 16.9 Å². The number of benzene rings is 2. The summed E-state index contributed by atoms with van der Waals surface area (Å²) in [6.45, 7) is 4.39. The van der Waals surface area contributed by atoms with E-state index in [-0.39, 0.29) is 11.2 Å². The number of aromatic nitrogens is 3. The first-order valence-electron chi connectivity index (χ1n) is 11.0. The minimum absolute atomic E-state index is 0.00589. The largest absolute Gasteiger partial charge is 0.330 e. The molecule has 0 unspecified atom stereocenters. The molecule has 6 nitrogen and oxygen atoms in total. The van der Waals surface area contributed by atoms with Gasteiger partial charge in [-0.1, -0.05) is 36.4 Å². The Labute approximate surface area is 186 Å². The summed E-state index contributed by atoms with van der Waals surface area (Å²) in [6, 6.07) is 17.5. The van der Waals surface area contributed by atoms with E-state index < -0.39 is 0 Å². The zero-order chi connectivity index (χ0) is 22.2. The number of likely N-dealkylation sites (N-methyl/N-ethyl adjacent to an activating group) is 1. The van der Waals surface area contributed by atoms with Gasteiger partial charge in [-0.25, -0.2) is 4.79 Å². The first-order valence-corrected chi connectivity index (χ1v) is 11.0. The minimum Gasteiger partial charge on any atom is -0.312 e. The zero-order valence-electron chi connectivity index (χ0n) is 18.3. The molecule has 0 fully saturated rings. The molecule has 32 heavy (non-hydrogen) atoms. The molecule has 5 rings (SSSR count). The molecule has 0 saturated carbocycles. The molecule has 0 amide bonds. The fraction of sp³-hybridized carbons (Fsp3) is 0.231. The van der Waals surface area contributed by atoms with Crippen LogP contribution >= 0.6 is 0 Å². The summed E-state index contributed by atoms with van der Waals surface area (Å²) in [6.07, 6.45) is 4.85. The van der Waals surface area contributed by atoms with Gasteiger partial charge in [-0.15, -0.1) is 0 Å². The number of aryl methyl sites for hydroxylation is 1. The van der Waals surface area contributed by atoms with Gasteiger partial charge in [0.25, 0.3) is 5.56 Å². The van der Waals surface area contributed by atoms with Crippen LogP contribution in [-0.2, 0) is 6.54 Å². The lowest BCUT2D eigenvalue weighted by Gasteiger charge is -2.23. The molecule has 3 heterocycles. The topological polar surface area (TPSA) is 63.0 Å². The summed E-state index contributed by atoms with van der Waals surface area (Å²) >= 11 is 0. The molecule has 6 heteroatoms. The molecule has 0 radical (unpaired) electrons. The third-order valence-corrected chi connectivity index (χ3v) is 6.27. The number of H-pyrrole nitrogens is 1. The number of pyridine rings is 1. The van der Waals surface area contributed by atoms with Crippen molar-refractivity contribution in [2.24, 2.45) is 0 Å². The molecule has 162 valence electrons. The first kappa shape index (κ1) is 20.3. The molecule has 2 aromatic carbocycles. The lowest BCUT2D eigenvalue weighted by molar-refractivity contribution is 0.370. The Morgan fingerprint density at radius 3 is 2.56 bits per heavy atom. The highest BCUT2D eigenvalue weighted by Crippen LogP contribution is 2.30. The van der Waals surface area contributed by atoms with E-state index in [0.29, 0.717) is 6.54 Å². The number of rotatable bonds is 4. The molecule has 0 saturated heterocycles. The predicted octanol–water partition coefficient (Wildman–Crippen LogP) is 3.89. The van der Waals surface area contributed by atoms with Crippen LogP contribution in [-0.4, -0.2) is 39.2 Å². The highest BCUT2D eigenvalue weighted by molar-refractivity contribution is 5.93. The van der Waals surface area contributed by atoms with Gasteiger partial charge in [0, 0.05) is 42.8 Å². The van der Waals surface area contributed by atoms with E-state index in [2.05, 4.69) is 23.0 Å². The van der Waals surface area contributed by atoms with Crippen molar-refractivity contribution in [3.8, 4) is 16.9 Å². The zero-order valence-corrected chi connectivity index (χ0v) is 18.3. The lowest BCUT2D eigenvalue weighted by Crippen LogP contribution is -2.25. The van der Waals surface area contributed by atoms with Gasteiger partial charge < -0.3 is 14.5 Å². The van der Waals surface area contributed by atoms with Crippen molar-refractivity contribution in [2.45, 2.75) is 19.9 Å². The van der Waals surface area contributed by atoms with Crippen LogP contribution in [0.5, 0.6) is 0 Å². The smallest absolute Gasteiger partial charge is 0.312 e. The molecule has 1 aliphatic heterocycles. The van der Waals surface area contributed by atoms with Crippen LogP contribution in [0.4, 0.5) is 0 Å². The fourth-order valence-electron chi connectivity index (χ4n) is 4.57. The van der Waals surface area contributed by atoms with E-state index in [0.717, 1.165) is 52.9 Å². The number of hydrogen-bond acceptors (Lipinski definition) is 3. The van der Waals surface area contributed by atoms with Crippen molar-refractivity contribution >= 4 is 16.5 Å². The second kappa shape index (κ2) is 8.13. The molecule has 2 aromatic heterocycles. The van der Waals surface area contributed by atoms with Gasteiger partial charge >= 0.3 is 5.69 Å². The van der Waals surface area contributed by atoms with Crippen LogP contribution in [0.15, 0.2) is 76.5 Å². The van der Waals surface area contributed by atoms with E-state index in [1.165, 1.54) is 5.57 Å².